The summed E-state index contributed by atoms with van der Waals surface area (Å²) in [5.74, 6) is 0.216. The molecule has 0 rings (SSSR count). The zero-order valence-corrected chi connectivity index (χ0v) is 9.02. The predicted molar refractivity (Wildman–Crippen MR) is 53.5 cm³/mol. The van der Waals surface area contributed by atoms with E-state index in [-0.39, 0.29) is 17.1 Å². The molecule has 0 aromatic carbocycles. The minimum Gasteiger partial charge on any atom is -0.392 e. The van der Waals surface area contributed by atoms with Crippen molar-refractivity contribution in [3.05, 3.63) is 0 Å². The van der Waals surface area contributed by atoms with Crippen molar-refractivity contribution in [3.63, 3.8) is 0 Å². The summed E-state index contributed by atoms with van der Waals surface area (Å²) in [4.78, 5) is 10.7. The summed E-state index contributed by atoms with van der Waals surface area (Å²) in [5, 5.41) is 9.72. The van der Waals surface area contributed by atoms with E-state index in [0.29, 0.717) is 11.7 Å². The van der Waals surface area contributed by atoms with Crippen LogP contribution in [-0.2, 0) is 4.79 Å². The van der Waals surface area contributed by atoms with Crippen molar-refractivity contribution in [2.75, 3.05) is 0 Å². The molecule has 3 unspecified atom stereocenters. The van der Waals surface area contributed by atoms with Gasteiger partial charge in [-0.1, -0.05) is 13.8 Å². The SMILES string of the molecule is CC(=O)CC(C)SC(C)C(C)O. The van der Waals surface area contributed by atoms with Crippen LogP contribution in [0.1, 0.15) is 34.1 Å². The molecule has 0 spiro atoms. The Morgan fingerprint density at radius 1 is 1.42 bits per heavy atom. The smallest absolute Gasteiger partial charge is 0.130 e. The fourth-order valence-electron chi connectivity index (χ4n) is 0.933. The Morgan fingerprint density at radius 3 is 2.25 bits per heavy atom. The van der Waals surface area contributed by atoms with Gasteiger partial charge in [0.1, 0.15) is 5.78 Å². The van der Waals surface area contributed by atoms with Gasteiger partial charge >= 0.3 is 0 Å². The van der Waals surface area contributed by atoms with Crippen LogP contribution in [-0.4, -0.2) is 27.5 Å². The maximum atomic E-state index is 10.7. The zero-order valence-electron chi connectivity index (χ0n) is 8.20. The molecule has 3 heteroatoms. The standard InChI is InChI=1S/C9H18O2S/c1-6(10)5-7(2)12-9(4)8(3)11/h7-9,11H,5H2,1-4H3. The average Bonchev–Trinajstić information content (AvgIpc) is 1.84. The first-order valence-electron chi connectivity index (χ1n) is 4.26. The summed E-state index contributed by atoms with van der Waals surface area (Å²) in [6, 6.07) is 0. The molecule has 0 amide bonds. The fraction of sp³-hybridized carbons (Fsp3) is 0.889. The Kier molecular flexibility index (Phi) is 5.59. The number of aliphatic hydroxyl groups is 1. The molecule has 0 fully saturated rings. The largest absolute Gasteiger partial charge is 0.392 e. The number of ketones is 1. The number of carbonyl (C=O) groups excluding carboxylic acids is 1. The lowest BCUT2D eigenvalue weighted by atomic mass is 10.2. The minimum atomic E-state index is -0.301. The average molecular weight is 190 g/mol. The van der Waals surface area contributed by atoms with E-state index in [9.17, 15) is 9.90 Å². The number of rotatable bonds is 5. The molecule has 2 nitrogen and oxygen atoms in total. The van der Waals surface area contributed by atoms with Crippen LogP contribution in [0.2, 0.25) is 0 Å². The molecule has 0 saturated heterocycles. The van der Waals surface area contributed by atoms with Gasteiger partial charge in [0, 0.05) is 16.9 Å². The minimum absolute atomic E-state index is 0.208. The van der Waals surface area contributed by atoms with E-state index in [0.717, 1.165) is 0 Å². The van der Waals surface area contributed by atoms with Crippen LogP contribution in [0.3, 0.4) is 0 Å². The van der Waals surface area contributed by atoms with Crippen molar-refractivity contribution in [1.82, 2.24) is 0 Å². The van der Waals surface area contributed by atoms with Crippen LogP contribution in [0.5, 0.6) is 0 Å². The molecule has 3 atom stereocenters. The van der Waals surface area contributed by atoms with Crippen molar-refractivity contribution < 1.29 is 9.90 Å². The van der Waals surface area contributed by atoms with Gasteiger partial charge in [0.15, 0.2) is 0 Å². The van der Waals surface area contributed by atoms with Crippen molar-refractivity contribution in [1.29, 1.82) is 0 Å². The molecule has 0 radical (unpaired) electrons. The summed E-state index contributed by atoms with van der Waals surface area (Å²) >= 11 is 1.67. The second-order valence-corrected chi connectivity index (χ2v) is 5.12. The quantitative estimate of drug-likeness (QED) is 0.719. The van der Waals surface area contributed by atoms with Gasteiger partial charge in [-0.25, -0.2) is 0 Å². The van der Waals surface area contributed by atoms with Gasteiger partial charge in [0.2, 0.25) is 0 Å². The molecular formula is C9H18O2S. The van der Waals surface area contributed by atoms with Crippen molar-refractivity contribution in [2.24, 2.45) is 0 Å². The number of thioether (sulfide) groups is 1. The third kappa shape index (κ3) is 5.61. The number of aliphatic hydroxyl groups excluding tert-OH is 1. The van der Waals surface area contributed by atoms with E-state index in [1.807, 2.05) is 13.8 Å². The van der Waals surface area contributed by atoms with Gasteiger partial charge in [-0.05, 0) is 13.8 Å². The summed E-state index contributed by atoms with van der Waals surface area (Å²) < 4.78 is 0. The maximum absolute atomic E-state index is 10.7. The van der Waals surface area contributed by atoms with Crippen molar-refractivity contribution in [3.8, 4) is 0 Å². The molecule has 0 bridgehead atoms. The van der Waals surface area contributed by atoms with E-state index in [4.69, 9.17) is 0 Å². The van der Waals surface area contributed by atoms with Crippen LogP contribution in [0, 0.1) is 0 Å². The van der Waals surface area contributed by atoms with Gasteiger partial charge in [-0.3, -0.25) is 4.79 Å². The van der Waals surface area contributed by atoms with Crippen LogP contribution in [0.4, 0.5) is 0 Å². The monoisotopic (exact) mass is 190 g/mol. The van der Waals surface area contributed by atoms with E-state index in [2.05, 4.69) is 0 Å². The molecule has 0 aliphatic heterocycles. The summed E-state index contributed by atoms with van der Waals surface area (Å²) in [6.07, 6.45) is 0.297. The first kappa shape index (κ1) is 12.0. The highest BCUT2D eigenvalue weighted by molar-refractivity contribution is 8.00. The van der Waals surface area contributed by atoms with Crippen molar-refractivity contribution >= 4 is 17.5 Å². The Hall–Kier alpha value is -0.0200. The molecule has 0 aromatic heterocycles. The second kappa shape index (κ2) is 5.60. The normalized spacial score (nSPS) is 18.4. The van der Waals surface area contributed by atoms with Crippen LogP contribution >= 0.6 is 11.8 Å². The molecule has 72 valence electrons. The van der Waals surface area contributed by atoms with Crippen LogP contribution in [0.25, 0.3) is 0 Å². The van der Waals surface area contributed by atoms with Crippen LogP contribution in [0.15, 0.2) is 0 Å². The highest BCUT2D eigenvalue weighted by atomic mass is 32.2. The predicted octanol–water partition coefficient (Wildman–Crippen LogP) is 1.86. The van der Waals surface area contributed by atoms with Gasteiger partial charge in [-0.15, -0.1) is 0 Å². The van der Waals surface area contributed by atoms with Gasteiger partial charge < -0.3 is 5.11 Å². The molecule has 0 saturated carbocycles. The fourth-order valence-corrected chi connectivity index (χ4v) is 2.22. The number of carbonyl (C=O) groups is 1. The second-order valence-electron chi connectivity index (χ2n) is 3.30. The van der Waals surface area contributed by atoms with Gasteiger partial charge in [0.25, 0.3) is 0 Å². The molecule has 0 heterocycles. The Bertz CT molecular complexity index is 145. The summed E-state index contributed by atoms with van der Waals surface area (Å²) in [5.41, 5.74) is 0. The Labute approximate surface area is 78.7 Å². The number of Topliss-reactive ketones (excluding diaryl/α,β-unsaturated/α-hetero) is 1. The van der Waals surface area contributed by atoms with Gasteiger partial charge in [0.05, 0.1) is 6.10 Å². The lowest BCUT2D eigenvalue weighted by Crippen LogP contribution is -2.19. The molecule has 0 aromatic rings. The molecule has 12 heavy (non-hydrogen) atoms. The molecule has 1 N–H and O–H groups in total. The maximum Gasteiger partial charge on any atom is 0.130 e. The molecule has 0 aliphatic carbocycles. The third-order valence-electron chi connectivity index (χ3n) is 1.70. The topological polar surface area (TPSA) is 37.3 Å². The zero-order chi connectivity index (χ0) is 9.72. The van der Waals surface area contributed by atoms with E-state index in [1.54, 1.807) is 25.6 Å². The molecular weight excluding hydrogens is 172 g/mol. The first-order valence-corrected chi connectivity index (χ1v) is 5.20. The summed E-state index contributed by atoms with van der Waals surface area (Å²) in [7, 11) is 0. The van der Waals surface area contributed by atoms with E-state index >= 15 is 0 Å². The Balaban J connectivity index is 3.68. The number of hydrogen-bond acceptors (Lipinski definition) is 3. The van der Waals surface area contributed by atoms with Crippen molar-refractivity contribution in [2.45, 2.75) is 50.7 Å². The van der Waals surface area contributed by atoms with Crippen LogP contribution < -0.4 is 0 Å². The molecule has 0 aliphatic rings. The lowest BCUT2D eigenvalue weighted by molar-refractivity contribution is -0.116. The highest BCUT2D eigenvalue weighted by Gasteiger charge is 2.14. The Morgan fingerprint density at radius 2 is 1.92 bits per heavy atom. The number of hydrogen-bond donors (Lipinski definition) is 1. The van der Waals surface area contributed by atoms with E-state index < -0.39 is 0 Å². The van der Waals surface area contributed by atoms with E-state index in [1.165, 1.54) is 0 Å². The third-order valence-corrected chi connectivity index (χ3v) is 3.16. The first-order chi connectivity index (χ1) is 5.43. The lowest BCUT2D eigenvalue weighted by Gasteiger charge is -2.18. The van der Waals surface area contributed by atoms with Gasteiger partial charge in [-0.2, -0.15) is 11.8 Å². The highest BCUT2D eigenvalue weighted by Crippen LogP contribution is 2.22. The summed E-state index contributed by atoms with van der Waals surface area (Å²) in [6.45, 7) is 7.37.